The minimum absolute atomic E-state index is 0.285. The number of para-hydroxylation sites is 1. The van der Waals surface area contributed by atoms with E-state index in [1.807, 2.05) is 6.07 Å². The zero-order chi connectivity index (χ0) is 33.7. The Morgan fingerprint density at radius 3 is 1.98 bits per heavy atom. The van der Waals surface area contributed by atoms with E-state index >= 15 is 0 Å². The molecule has 1 aromatic heterocycles. The molecule has 10 rings (SSSR count). The summed E-state index contributed by atoms with van der Waals surface area (Å²) in [5.74, 6) is 1.50. The molecule has 4 heteroatoms. The summed E-state index contributed by atoms with van der Waals surface area (Å²) < 4.78 is 2.40. The third kappa shape index (κ3) is 5.00. The lowest BCUT2D eigenvalue weighted by atomic mass is 9.97. The number of hydrogen-bond acceptors (Lipinski definition) is 3. The van der Waals surface area contributed by atoms with Gasteiger partial charge in [-0.15, -0.1) is 0 Å². The van der Waals surface area contributed by atoms with E-state index in [-0.39, 0.29) is 6.17 Å². The van der Waals surface area contributed by atoms with Crippen LogP contribution in [0.1, 0.15) is 22.9 Å². The number of amidine groups is 2. The minimum Gasteiger partial charge on any atom is -0.344 e. The molecule has 240 valence electrons. The molecule has 4 nitrogen and oxygen atoms in total. The van der Waals surface area contributed by atoms with Gasteiger partial charge < -0.3 is 9.88 Å². The SMILES string of the molecule is c1ccc(C2N=C(c3ccc(-c4cccc5ccccc45)cc3)N=C(c3cccc(-n4c5ccccc5c5ccc6ccccc6c54)c3)N2)cc1. The van der Waals surface area contributed by atoms with Crippen molar-refractivity contribution in [2.75, 3.05) is 0 Å². The fraction of sp³-hybridized carbons (Fsp3) is 0.0213. The fourth-order valence-corrected chi connectivity index (χ4v) is 7.60. The highest BCUT2D eigenvalue weighted by Gasteiger charge is 2.22. The average molecular weight is 653 g/mol. The Balaban J connectivity index is 1.10. The number of aliphatic imine (C=N–C) groups is 2. The van der Waals surface area contributed by atoms with Crippen molar-refractivity contribution in [1.82, 2.24) is 9.88 Å². The number of nitrogens with zero attached hydrogens (tertiary/aromatic N) is 3. The summed E-state index contributed by atoms with van der Waals surface area (Å²) in [7, 11) is 0. The molecule has 0 bridgehead atoms. The maximum atomic E-state index is 5.19. The fourth-order valence-electron chi connectivity index (χ4n) is 7.60. The number of benzene rings is 8. The molecular weight excluding hydrogens is 621 g/mol. The topological polar surface area (TPSA) is 41.7 Å². The number of rotatable bonds is 5. The summed E-state index contributed by atoms with van der Waals surface area (Å²) in [6, 6.07) is 64.5. The number of hydrogen-bond donors (Lipinski definition) is 1. The third-order valence-electron chi connectivity index (χ3n) is 10.0. The second kappa shape index (κ2) is 12.0. The van der Waals surface area contributed by atoms with E-state index in [4.69, 9.17) is 9.98 Å². The van der Waals surface area contributed by atoms with E-state index < -0.39 is 0 Å². The van der Waals surface area contributed by atoms with Crippen molar-refractivity contribution in [3.63, 3.8) is 0 Å². The van der Waals surface area contributed by atoms with E-state index in [9.17, 15) is 0 Å². The number of fused-ring (bicyclic) bond motifs is 6. The van der Waals surface area contributed by atoms with Crippen LogP contribution in [-0.2, 0) is 0 Å². The Morgan fingerprint density at radius 1 is 0.471 bits per heavy atom. The summed E-state index contributed by atoms with van der Waals surface area (Å²) >= 11 is 0. The second-order valence-corrected chi connectivity index (χ2v) is 13.1. The first kappa shape index (κ1) is 29.2. The monoisotopic (exact) mass is 652 g/mol. The quantitative estimate of drug-likeness (QED) is 0.197. The molecule has 0 saturated heterocycles. The number of nitrogens with one attached hydrogen (secondary N) is 1. The zero-order valence-corrected chi connectivity index (χ0v) is 27.7. The lowest BCUT2D eigenvalue weighted by Crippen LogP contribution is -2.33. The van der Waals surface area contributed by atoms with Crippen LogP contribution in [0.4, 0.5) is 0 Å². The molecule has 1 aliphatic rings. The van der Waals surface area contributed by atoms with Crippen molar-refractivity contribution < 1.29 is 0 Å². The molecule has 0 amide bonds. The van der Waals surface area contributed by atoms with Crippen molar-refractivity contribution in [3.05, 3.63) is 199 Å². The van der Waals surface area contributed by atoms with Crippen LogP contribution < -0.4 is 5.32 Å². The van der Waals surface area contributed by atoms with Crippen LogP contribution in [0.2, 0.25) is 0 Å². The largest absolute Gasteiger partial charge is 0.344 e. The molecule has 8 aromatic carbocycles. The van der Waals surface area contributed by atoms with Crippen molar-refractivity contribution >= 4 is 55.0 Å². The van der Waals surface area contributed by atoms with E-state index in [1.165, 1.54) is 54.5 Å². The summed E-state index contributed by atoms with van der Waals surface area (Å²) in [5, 5.41) is 11.1. The lowest BCUT2D eigenvalue weighted by molar-refractivity contribution is 0.674. The molecule has 1 atom stereocenters. The van der Waals surface area contributed by atoms with Crippen LogP contribution >= 0.6 is 0 Å². The zero-order valence-electron chi connectivity index (χ0n) is 27.7. The highest BCUT2D eigenvalue weighted by molar-refractivity contribution is 6.19. The molecule has 9 aromatic rings. The van der Waals surface area contributed by atoms with Gasteiger partial charge in [-0.05, 0) is 51.0 Å². The Morgan fingerprint density at radius 2 is 1.14 bits per heavy atom. The first-order chi connectivity index (χ1) is 25.3. The van der Waals surface area contributed by atoms with Crippen molar-refractivity contribution in [2.45, 2.75) is 6.17 Å². The van der Waals surface area contributed by atoms with Gasteiger partial charge in [0.2, 0.25) is 0 Å². The molecule has 1 N–H and O–H groups in total. The van der Waals surface area contributed by atoms with Crippen LogP contribution in [0, 0.1) is 0 Å². The van der Waals surface area contributed by atoms with Gasteiger partial charge in [0, 0.05) is 33.0 Å². The second-order valence-electron chi connectivity index (χ2n) is 13.1. The molecule has 0 aliphatic carbocycles. The Kier molecular flexibility index (Phi) is 6.85. The van der Waals surface area contributed by atoms with E-state index in [0.29, 0.717) is 5.84 Å². The van der Waals surface area contributed by atoms with Crippen LogP contribution in [0.25, 0.3) is 60.2 Å². The van der Waals surface area contributed by atoms with Gasteiger partial charge in [-0.2, -0.15) is 0 Å². The predicted octanol–water partition coefficient (Wildman–Crippen LogP) is 11.3. The first-order valence-electron chi connectivity index (χ1n) is 17.4. The standard InChI is InChI=1S/C47H32N4/c1-2-14-34(15-3-1)45-48-46(35-26-24-33(25-27-35)39-22-11-16-31-12-4-6-19-38(31)39)50-47(49-45)36-17-10-18-37(30-36)51-43-23-9-8-21-41(43)42-29-28-32-13-5-7-20-40(32)44(42)51/h1-30,45H,(H,48,49,50). The van der Waals surface area contributed by atoms with Gasteiger partial charge in [0.15, 0.2) is 5.84 Å². The molecule has 2 heterocycles. The Bertz CT molecular complexity index is 2820. The highest BCUT2D eigenvalue weighted by atomic mass is 15.2. The number of aromatic nitrogens is 1. The Hall–Kier alpha value is -6.78. The smallest absolute Gasteiger partial charge is 0.159 e. The summed E-state index contributed by atoms with van der Waals surface area (Å²) in [6.45, 7) is 0. The molecule has 1 unspecified atom stereocenters. The van der Waals surface area contributed by atoms with Crippen LogP contribution in [0.3, 0.4) is 0 Å². The van der Waals surface area contributed by atoms with Gasteiger partial charge in [-0.25, -0.2) is 9.98 Å². The maximum Gasteiger partial charge on any atom is 0.159 e. The van der Waals surface area contributed by atoms with Gasteiger partial charge in [0.25, 0.3) is 0 Å². The van der Waals surface area contributed by atoms with Crippen LogP contribution in [-0.4, -0.2) is 16.2 Å². The highest BCUT2D eigenvalue weighted by Crippen LogP contribution is 2.37. The van der Waals surface area contributed by atoms with E-state index in [1.54, 1.807) is 0 Å². The first-order valence-corrected chi connectivity index (χ1v) is 17.4. The van der Waals surface area contributed by atoms with Crippen molar-refractivity contribution in [3.8, 4) is 16.8 Å². The molecule has 0 spiro atoms. The van der Waals surface area contributed by atoms with Gasteiger partial charge in [0.05, 0.1) is 11.0 Å². The van der Waals surface area contributed by atoms with Crippen molar-refractivity contribution in [1.29, 1.82) is 0 Å². The molecule has 0 fully saturated rings. The minimum atomic E-state index is -0.285. The molecule has 0 radical (unpaired) electrons. The molecular formula is C47H32N4. The normalized spacial score (nSPS) is 14.5. The average Bonchev–Trinajstić information content (AvgIpc) is 3.56. The van der Waals surface area contributed by atoms with Gasteiger partial charge in [-0.3, -0.25) is 0 Å². The summed E-state index contributed by atoms with van der Waals surface area (Å²) in [4.78, 5) is 10.3. The molecule has 51 heavy (non-hydrogen) atoms. The van der Waals surface area contributed by atoms with Crippen LogP contribution in [0.15, 0.2) is 192 Å². The van der Waals surface area contributed by atoms with Gasteiger partial charge in [-0.1, -0.05) is 164 Å². The lowest BCUT2D eigenvalue weighted by Gasteiger charge is -2.24. The molecule has 1 aliphatic heterocycles. The predicted molar refractivity (Wildman–Crippen MR) is 213 cm³/mol. The third-order valence-corrected chi connectivity index (χ3v) is 10.0. The summed E-state index contributed by atoms with van der Waals surface area (Å²) in [6.07, 6.45) is -0.285. The van der Waals surface area contributed by atoms with E-state index in [0.717, 1.165) is 28.2 Å². The van der Waals surface area contributed by atoms with Crippen LogP contribution in [0.5, 0.6) is 0 Å². The van der Waals surface area contributed by atoms with Gasteiger partial charge >= 0.3 is 0 Å². The van der Waals surface area contributed by atoms with Gasteiger partial charge in [0.1, 0.15) is 12.0 Å². The summed E-state index contributed by atoms with van der Waals surface area (Å²) in [5.41, 5.74) is 8.91. The van der Waals surface area contributed by atoms with Crippen molar-refractivity contribution in [2.24, 2.45) is 9.98 Å². The molecule has 0 saturated carbocycles. The maximum absolute atomic E-state index is 5.19. The Labute approximate surface area is 295 Å². The van der Waals surface area contributed by atoms with E-state index in [2.05, 4.69) is 186 Å².